The van der Waals surface area contributed by atoms with E-state index in [2.05, 4.69) is 59.7 Å². The number of benzene rings is 2. The van der Waals surface area contributed by atoms with Crippen molar-refractivity contribution in [3.05, 3.63) is 59.2 Å². The van der Waals surface area contributed by atoms with E-state index in [4.69, 9.17) is 9.84 Å². The van der Waals surface area contributed by atoms with Crippen LogP contribution < -0.4 is 4.74 Å². The molecule has 2 aromatic rings. The molecule has 3 heteroatoms. The molecule has 0 amide bonds. The molecule has 0 atom stereocenters. The molecule has 3 nitrogen and oxygen atoms in total. The van der Waals surface area contributed by atoms with E-state index < -0.39 is 5.97 Å². The second-order valence-electron chi connectivity index (χ2n) is 8.85. The Hall–Kier alpha value is -2.29. The lowest BCUT2D eigenvalue weighted by Crippen LogP contribution is -2.17. The largest absolute Gasteiger partial charge is 0.481 e. The van der Waals surface area contributed by atoms with Crippen LogP contribution in [-0.4, -0.2) is 11.1 Å². The average molecular weight is 354 g/mol. The fourth-order valence-electron chi connectivity index (χ4n) is 2.77. The molecule has 0 saturated heterocycles. The molecule has 0 unspecified atom stereocenters. The van der Waals surface area contributed by atoms with Gasteiger partial charge in [0.05, 0.1) is 0 Å². The first-order valence-electron chi connectivity index (χ1n) is 9.10. The Morgan fingerprint density at radius 3 is 2.04 bits per heavy atom. The van der Waals surface area contributed by atoms with Gasteiger partial charge in [-0.2, -0.15) is 0 Å². The topological polar surface area (TPSA) is 46.5 Å². The molecule has 0 fully saturated rings. The van der Waals surface area contributed by atoms with Crippen molar-refractivity contribution in [1.82, 2.24) is 0 Å². The predicted molar refractivity (Wildman–Crippen MR) is 106 cm³/mol. The van der Waals surface area contributed by atoms with E-state index in [9.17, 15) is 4.79 Å². The SMILES string of the molecule is CC(C)(C)c1ccc(Oc2ccc(CCC(=O)O)cc2)c(C(C)(C)C)c1. The number of hydrogen-bond donors (Lipinski definition) is 1. The van der Waals surface area contributed by atoms with Gasteiger partial charge in [-0.3, -0.25) is 4.79 Å². The van der Waals surface area contributed by atoms with Gasteiger partial charge in [-0.05, 0) is 46.6 Å². The summed E-state index contributed by atoms with van der Waals surface area (Å²) < 4.78 is 6.17. The van der Waals surface area contributed by atoms with Gasteiger partial charge in [0, 0.05) is 12.0 Å². The monoisotopic (exact) mass is 354 g/mol. The van der Waals surface area contributed by atoms with Crippen LogP contribution in [0.4, 0.5) is 0 Å². The molecule has 2 aromatic carbocycles. The average Bonchev–Trinajstić information content (AvgIpc) is 2.52. The van der Waals surface area contributed by atoms with E-state index in [0.29, 0.717) is 6.42 Å². The van der Waals surface area contributed by atoms with Gasteiger partial charge in [0.2, 0.25) is 0 Å². The molecule has 0 saturated carbocycles. The van der Waals surface area contributed by atoms with Crippen LogP contribution in [0.15, 0.2) is 42.5 Å². The second kappa shape index (κ2) is 7.53. The first kappa shape index (κ1) is 20.0. The van der Waals surface area contributed by atoms with Gasteiger partial charge < -0.3 is 9.84 Å². The predicted octanol–water partition coefficient (Wildman–Crippen LogP) is 6.09. The minimum absolute atomic E-state index is 0.0297. The molecule has 0 aliphatic rings. The van der Waals surface area contributed by atoms with E-state index in [1.807, 2.05) is 24.3 Å². The summed E-state index contributed by atoms with van der Waals surface area (Å²) in [6.07, 6.45) is 0.672. The van der Waals surface area contributed by atoms with Crippen LogP contribution in [0.5, 0.6) is 11.5 Å². The second-order valence-corrected chi connectivity index (χ2v) is 8.85. The molecule has 0 aromatic heterocycles. The summed E-state index contributed by atoms with van der Waals surface area (Å²) in [4.78, 5) is 10.7. The maximum absolute atomic E-state index is 10.7. The van der Waals surface area contributed by atoms with Crippen LogP contribution in [0.25, 0.3) is 0 Å². The molecule has 0 aliphatic carbocycles. The summed E-state index contributed by atoms with van der Waals surface area (Å²) in [6.45, 7) is 13.2. The first-order valence-corrected chi connectivity index (χ1v) is 9.10. The molecule has 0 bridgehead atoms. The zero-order valence-electron chi connectivity index (χ0n) is 16.7. The molecule has 0 aliphatic heterocycles. The Morgan fingerprint density at radius 2 is 1.54 bits per heavy atom. The number of carbonyl (C=O) groups is 1. The van der Waals surface area contributed by atoms with E-state index >= 15 is 0 Å². The van der Waals surface area contributed by atoms with Crippen molar-refractivity contribution >= 4 is 5.97 Å². The minimum atomic E-state index is -0.779. The summed E-state index contributed by atoms with van der Waals surface area (Å²) >= 11 is 0. The third-order valence-corrected chi connectivity index (χ3v) is 4.43. The van der Waals surface area contributed by atoms with Gasteiger partial charge >= 0.3 is 5.97 Å². The fourth-order valence-corrected chi connectivity index (χ4v) is 2.77. The molecule has 140 valence electrons. The molecule has 2 rings (SSSR count). The molecule has 0 heterocycles. The van der Waals surface area contributed by atoms with Crippen molar-refractivity contribution in [1.29, 1.82) is 0 Å². The molecular formula is C23H30O3. The summed E-state index contributed by atoms with van der Waals surface area (Å²) in [5, 5.41) is 8.79. The number of aryl methyl sites for hydroxylation is 1. The Labute approximate surface area is 157 Å². The third kappa shape index (κ3) is 5.35. The van der Waals surface area contributed by atoms with Gasteiger partial charge in [-0.15, -0.1) is 0 Å². The summed E-state index contributed by atoms with van der Waals surface area (Å²) in [6, 6.07) is 14.1. The first-order chi connectivity index (χ1) is 12.0. The highest BCUT2D eigenvalue weighted by Gasteiger charge is 2.23. The van der Waals surface area contributed by atoms with E-state index in [0.717, 1.165) is 17.1 Å². The number of carboxylic acid groups (broad SMARTS) is 1. The van der Waals surface area contributed by atoms with Crippen LogP contribution in [0.3, 0.4) is 0 Å². The zero-order chi connectivity index (χ0) is 19.5. The van der Waals surface area contributed by atoms with E-state index in [-0.39, 0.29) is 17.3 Å². The molecule has 1 N–H and O–H groups in total. The van der Waals surface area contributed by atoms with Crippen molar-refractivity contribution in [2.75, 3.05) is 0 Å². The fraction of sp³-hybridized carbons (Fsp3) is 0.435. The Morgan fingerprint density at radius 1 is 0.923 bits per heavy atom. The van der Waals surface area contributed by atoms with Crippen LogP contribution in [-0.2, 0) is 22.0 Å². The molecule has 26 heavy (non-hydrogen) atoms. The number of ether oxygens (including phenoxy) is 1. The van der Waals surface area contributed by atoms with Crippen molar-refractivity contribution in [2.24, 2.45) is 0 Å². The summed E-state index contributed by atoms with van der Waals surface area (Å²) in [7, 11) is 0. The maximum atomic E-state index is 10.7. The quantitative estimate of drug-likeness (QED) is 0.706. The Kier molecular flexibility index (Phi) is 5.80. The van der Waals surface area contributed by atoms with Crippen molar-refractivity contribution in [3.8, 4) is 11.5 Å². The zero-order valence-corrected chi connectivity index (χ0v) is 16.7. The highest BCUT2D eigenvalue weighted by Crippen LogP contribution is 2.37. The van der Waals surface area contributed by atoms with Crippen molar-refractivity contribution in [3.63, 3.8) is 0 Å². The van der Waals surface area contributed by atoms with Crippen LogP contribution >= 0.6 is 0 Å². The number of aliphatic carboxylic acids is 1. The smallest absolute Gasteiger partial charge is 0.303 e. The van der Waals surface area contributed by atoms with Crippen LogP contribution in [0.1, 0.15) is 64.7 Å². The normalized spacial score (nSPS) is 12.1. The van der Waals surface area contributed by atoms with E-state index in [1.54, 1.807) is 0 Å². The molecular weight excluding hydrogens is 324 g/mol. The highest BCUT2D eigenvalue weighted by molar-refractivity contribution is 5.67. The number of carboxylic acids is 1. The van der Waals surface area contributed by atoms with E-state index in [1.165, 1.54) is 11.1 Å². The van der Waals surface area contributed by atoms with Crippen molar-refractivity contribution in [2.45, 2.75) is 65.2 Å². The lowest BCUT2D eigenvalue weighted by molar-refractivity contribution is -0.136. The molecule has 0 radical (unpaired) electrons. The number of rotatable bonds is 5. The summed E-state index contributed by atoms with van der Waals surface area (Å²) in [5.41, 5.74) is 3.53. The van der Waals surface area contributed by atoms with Crippen LogP contribution in [0.2, 0.25) is 0 Å². The van der Waals surface area contributed by atoms with Gasteiger partial charge in [-0.25, -0.2) is 0 Å². The Balaban J connectivity index is 2.27. The minimum Gasteiger partial charge on any atom is -0.481 e. The summed E-state index contributed by atoms with van der Waals surface area (Å²) in [5.74, 6) is 0.848. The lowest BCUT2D eigenvalue weighted by Gasteiger charge is -2.27. The van der Waals surface area contributed by atoms with Crippen LogP contribution in [0, 0.1) is 0 Å². The lowest BCUT2D eigenvalue weighted by atomic mass is 9.80. The highest BCUT2D eigenvalue weighted by atomic mass is 16.5. The molecule has 0 spiro atoms. The standard InChI is InChI=1S/C23H30O3/c1-22(2,3)17-10-13-20(19(15-17)23(4,5)6)26-18-11-7-16(8-12-18)9-14-21(24)25/h7-8,10-13,15H,9,14H2,1-6H3,(H,24,25). The maximum Gasteiger partial charge on any atom is 0.303 e. The van der Waals surface area contributed by atoms with Gasteiger partial charge in [0.25, 0.3) is 0 Å². The Bertz CT molecular complexity index is 760. The number of hydrogen-bond acceptors (Lipinski definition) is 2. The van der Waals surface area contributed by atoms with Gasteiger partial charge in [-0.1, -0.05) is 65.8 Å². The van der Waals surface area contributed by atoms with Crippen molar-refractivity contribution < 1.29 is 14.6 Å². The van der Waals surface area contributed by atoms with Gasteiger partial charge in [0.1, 0.15) is 11.5 Å². The van der Waals surface area contributed by atoms with Gasteiger partial charge in [0.15, 0.2) is 0 Å². The third-order valence-electron chi connectivity index (χ3n) is 4.43.